The standard InChI is InChI=1S/C19H26N2O5/c1-12(2)10-16(19(24)25)21-17(22)4-3-9-26-14-6-7-15-13(11-14)5-8-18(23)20-15/h6-7,11-12,16H,3-5,8-10H2,1-2H3,(H,20,23)(H,21,22)(H,24,25). The maximum absolute atomic E-state index is 11.9. The molecule has 1 aliphatic rings. The summed E-state index contributed by atoms with van der Waals surface area (Å²) in [6.07, 6.45) is 2.27. The third kappa shape index (κ3) is 6.06. The van der Waals surface area contributed by atoms with Crippen LogP contribution in [0.5, 0.6) is 5.75 Å². The molecule has 2 rings (SSSR count). The second kappa shape index (κ2) is 9.22. The smallest absolute Gasteiger partial charge is 0.326 e. The minimum absolute atomic E-state index is 0.0225. The Morgan fingerprint density at radius 2 is 2.08 bits per heavy atom. The normalized spacial score (nSPS) is 14.3. The SMILES string of the molecule is CC(C)CC(NC(=O)CCCOc1ccc2c(c1)CCC(=O)N2)C(=O)O. The van der Waals surface area contributed by atoms with Crippen molar-refractivity contribution < 1.29 is 24.2 Å². The van der Waals surface area contributed by atoms with Crippen LogP contribution >= 0.6 is 0 Å². The summed E-state index contributed by atoms with van der Waals surface area (Å²) < 4.78 is 5.66. The topological polar surface area (TPSA) is 105 Å². The van der Waals surface area contributed by atoms with Crippen LogP contribution in [0.25, 0.3) is 0 Å². The molecule has 2 amide bonds. The summed E-state index contributed by atoms with van der Waals surface area (Å²) in [7, 11) is 0. The number of hydrogen-bond donors (Lipinski definition) is 3. The number of carbonyl (C=O) groups excluding carboxylic acids is 2. The number of rotatable bonds is 9. The number of aryl methyl sites for hydroxylation is 1. The molecule has 7 nitrogen and oxygen atoms in total. The number of carboxylic acids is 1. The summed E-state index contributed by atoms with van der Waals surface area (Å²) in [6, 6.07) is 4.66. The highest BCUT2D eigenvalue weighted by atomic mass is 16.5. The molecular formula is C19H26N2O5. The van der Waals surface area contributed by atoms with E-state index in [2.05, 4.69) is 10.6 Å². The summed E-state index contributed by atoms with van der Waals surface area (Å²) in [5.41, 5.74) is 1.86. The molecule has 1 aromatic carbocycles. The summed E-state index contributed by atoms with van der Waals surface area (Å²) in [6.45, 7) is 4.19. The highest BCUT2D eigenvalue weighted by Crippen LogP contribution is 2.26. The molecule has 1 atom stereocenters. The average molecular weight is 362 g/mol. The van der Waals surface area contributed by atoms with Crippen LogP contribution in [0.3, 0.4) is 0 Å². The molecule has 0 saturated carbocycles. The van der Waals surface area contributed by atoms with Crippen molar-refractivity contribution in [3.05, 3.63) is 23.8 Å². The Bertz CT molecular complexity index is 672. The van der Waals surface area contributed by atoms with Crippen molar-refractivity contribution in [3.63, 3.8) is 0 Å². The first-order valence-corrected chi connectivity index (χ1v) is 8.93. The predicted molar refractivity (Wildman–Crippen MR) is 97.1 cm³/mol. The quantitative estimate of drug-likeness (QED) is 0.585. The zero-order valence-electron chi connectivity index (χ0n) is 15.2. The Kier molecular flexibility index (Phi) is 7.00. The Morgan fingerprint density at radius 3 is 2.77 bits per heavy atom. The molecule has 3 N–H and O–H groups in total. The maximum Gasteiger partial charge on any atom is 0.326 e. The first kappa shape index (κ1) is 19.8. The number of aliphatic carboxylic acids is 1. The molecule has 1 aromatic rings. The maximum atomic E-state index is 11.9. The lowest BCUT2D eigenvalue weighted by molar-refractivity contribution is -0.142. The Morgan fingerprint density at radius 1 is 1.31 bits per heavy atom. The van der Waals surface area contributed by atoms with Gasteiger partial charge in [-0.1, -0.05) is 13.8 Å². The van der Waals surface area contributed by atoms with E-state index < -0.39 is 12.0 Å². The number of hydrogen-bond acceptors (Lipinski definition) is 4. The lowest BCUT2D eigenvalue weighted by Crippen LogP contribution is -2.41. The summed E-state index contributed by atoms with van der Waals surface area (Å²) >= 11 is 0. The summed E-state index contributed by atoms with van der Waals surface area (Å²) in [5, 5.41) is 14.5. The van der Waals surface area contributed by atoms with Gasteiger partial charge in [-0.2, -0.15) is 0 Å². The number of fused-ring (bicyclic) bond motifs is 1. The lowest BCUT2D eigenvalue weighted by Gasteiger charge is -2.18. The zero-order valence-corrected chi connectivity index (χ0v) is 15.2. The highest BCUT2D eigenvalue weighted by Gasteiger charge is 2.20. The Balaban J connectivity index is 1.73. The molecule has 0 spiro atoms. The molecule has 26 heavy (non-hydrogen) atoms. The van der Waals surface area contributed by atoms with Crippen molar-refractivity contribution in [1.29, 1.82) is 0 Å². The van der Waals surface area contributed by atoms with E-state index in [1.165, 1.54) is 0 Å². The van der Waals surface area contributed by atoms with Crippen LogP contribution in [-0.2, 0) is 20.8 Å². The Hall–Kier alpha value is -2.57. The van der Waals surface area contributed by atoms with Gasteiger partial charge in [0.15, 0.2) is 0 Å². The third-order valence-corrected chi connectivity index (χ3v) is 4.13. The van der Waals surface area contributed by atoms with E-state index in [9.17, 15) is 14.4 Å². The molecule has 7 heteroatoms. The fourth-order valence-corrected chi connectivity index (χ4v) is 2.83. The van der Waals surface area contributed by atoms with Gasteiger partial charge in [0.2, 0.25) is 11.8 Å². The van der Waals surface area contributed by atoms with Crippen LogP contribution in [0.15, 0.2) is 18.2 Å². The second-order valence-electron chi connectivity index (χ2n) is 6.91. The number of nitrogens with one attached hydrogen (secondary N) is 2. The molecule has 0 aliphatic carbocycles. The van der Waals surface area contributed by atoms with Crippen LogP contribution in [0.2, 0.25) is 0 Å². The van der Waals surface area contributed by atoms with Gasteiger partial charge in [-0.15, -0.1) is 0 Å². The monoisotopic (exact) mass is 362 g/mol. The van der Waals surface area contributed by atoms with Crippen molar-refractivity contribution in [3.8, 4) is 5.75 Å². The van der Waals surface area contributed by atoms with E-state index in [0.29, 0.717) is 38.0 Å². The van der Waals surface area contributed by atoms with E-state index in [1.54, 1.807) is 6.07 Å². The number of benzene rings is 1. The largest absolute Gasteiger partial charge is 0.494 e. The molecule has 1 aliphatic heterocycles. The Labute approximate surface area is 153 Å². The first-order chi connectivity index (χ1) is 12.3. The van der Waals surface area contributed by atoms with Crippen molar-refractivity contribution in [2.75, 3.05) is 11.9 Å². The van der Waals surface area contributed by atoms with Crippen LogP contribution in [-0.4, -0.2) is 35.5 Å². The van der Waals surface area contributed by atoms with Crippen LogP contribution in [0, 0.1) is 5.92 Å². The van der Waals surface area contributed by atoms with Gasteiger partial charge in [0.25, 0.3) is 0 Å². The lowest BCUT2D eigenvalue weighted by atomic mass is 10.0. The van der Waals surface area contributed by atoms with E-state index >= 15 is 0 Å². The molecule has 0 fully saturated rings. The molecule has 1 heterocycles. The zero-order chi connectivity index (χ0) is 19.1. The van der Waals surface area contributed by atoms with Gasteiger partial charge >= 0.3 is 5.97 Å². The molecule has 0 saturated heterocycles. The molecule has 142 valence electrons. The molecular weight excluding hydrogens is 336 g/mol. The van der Waals surface area contributed by atoms with Gasteiger partial charge in [0.1, 0.15) is 11.8 Å². The first-order valence-electron chi connectivity index (χ1n) is 8.93. The van der Waals surface area contributed by atoms with Gasteiger partial charge in [-0.3, -0.25) is 9.59 Å². The summed E-state index contributed by atoms with van der Waals surface area (Å²) in [4.78, 5) is 34.4. The second-order valence-corrected chi connectivity index (χ2v) is 6.91. The van der Waals surface area contributed by atoms with Crippen LogP contribution in [0.4, 0.5) is 5.69 Å². The third-order valence-electron chi connectivity index (χ3n) is 4.13. The van der Waals surface area contributed by atoms with Crippen molar-refractivity contribution >= 4 is 23.5 Å². The minimum Gasteiger partial charge on any atom is -0.494 e. The van der Waals surface area contributed by atoms with E-state index in [1.807, 2.05) is 26.0 Å². The highest BCUT2D eigenvalue weighted by molar-refractivity contribution is 5.94. The molecule has 1 unspecified atom stereocenters. The number of anilines is 1. The predicted octanol–water partition coefficient (Wildman–Crippen LogP) is 2.35. The number of amides is 2. The van der Waals surface area contributed by atoms with E-state index in [-0.39, 0.29) is 24.2 Å². The minimum atomic E-state index is -1.01. The van der Waals surface area contributed by atoms with Gasteiger partial charge in [0, 0.05) is 18.5 Å². The fourth-order valence-electron chi connectivity index (χ4n) is 2.83. The van der Waals surface area contributed by atoms with Gasteiger partial charge in [0.05, 0.1) is 6.61 Å². The fraction of sp³-hybridized carbons (Fsp3) is 0.526. The summed E-state index contributed by atoms with van der Waals surface area (Å²) in [5.74, 6) is -0.384. The number of ether oxygens (including phenoxy) is 1. The number of carbonyl (C=O) groups is 3. The van der Waals surface area contributed by atoms with Crippen LogP contribution < -0.4 is 15.4 Å². The molecule has 0 aromatic heterocycles. The van der Waals surface area contributed by atoms with Gasteiger partial charge < -0.3 is 20.5 Å². The van der Waals surface area contributed by atoms with Crippen molar-refractivity contribution in [2.24, 2.45) is 5.92 Å². The van der Waals surface area contributed by atoms with Gasteiger partial charge in [-0.05, 0) is 48.9 Å². The van der Waals surface area contributed by atoms with E-state index in [4.69, 9.17) is 9.84 Å². The van der Waals surface area contributed by atoms with Gasteiger partial charge in [-0.25, -0.2) is 4.79 Å². The van der Waals surface area contributed by atoms with Crippen LogP contribution in [0.1, 0.15) is 45.1 Å². The van der Waals surface area contributed by atoms with Crippen molar-refractivity contribution in [2.45, 2.75) is 52.0 Å². The van der Waals surface area contributed by atoms with E-state index in [0.717, 1.165) is 11.3 Å². The average Bonchev–Trinajstić information content (AvgIpc) is 2.57. The number of carboxylic acid groups (broad SMARTS) is 1. The molecule has 0 radical (unpaired) electrons. The molecule has 0 bridgehead atoms. The van der Waals surface area contributed by atoms with Crippen molar-refractivity contribution in [1.82, 2.24) is 5.32 Å².